The summed E-state index contributed by atoms with van der Waals surface area (Å²) in [5.41, 5.74) is 2.89. The molecule has 0 aliphatic rings. The van der Waals surface area contributed by atoms with E-state index < -0.39 is 0 Å². The van der Waals surface area contributed by atoms with E-state index in [9.17, 15) is 4.79 Å². The lowest BCUT2D eigenvalue weighted by molar-refractivity contribution is -0.121. The fourth-order valence-electron chi connectivity index (χ4n) is 2.42. The molecule has 0 aromatic heterocycles. The van der Waals surface area contributed by atoms with Gasteiger partial charge in [0.05, 0.1) is 18.8 Å². The van der Waals surface area contributed by atoms with Crippen LogP contribution in [0.5, 0.6) is 5.75 Å². The van der Waals surface area contributed by atoms with Gasteiger partial charge in [-0.2, -0.15) is 0 Å². The number of rotatable bonds is 7. The summed E-state index contributed by atoms with van der Waals surface area (Å²) in [6.07, 6.45) is 0.377. The Bertz CT molecular complexity index is 689. The van der Waals surface area contributed by atoms with Crippen LogP contribution in [0.15, 0.2) is 42.5 Å². The molecule has 2 aromatic carbocycles. The minimum atomic E-state index is -0.00832. The third-order valence-corrected chi connectivity index (χ3v) is 4.23. The van der Waals surface area contributed by atoms with Crippen molar-refractivity contribution in [2.45, 2.75) is 26.3 Å². The Kier molecular flexibility index (Phi) is 6.50. The molecule has 2 rings (SSSR count). The van der Waals surface area contributed by atoms with Gasteiger partial charge in [-0.3, -0.25) is 4.79 Å². The van der Waals surface area contributed by atoms with Gasteiger partial charge in [-0.15, -0.1) is 0 Å². The molecule has 0 saturated heterocycles. The van der Waals surface area contributed by atoms with Crippen LogP contribution >= 0.6 is 11.6 Å². The Labute approximate surface area is 148 Å². The van der Waals surface area contributed by atoms with Crippen molar-refractivity contribution in [1.82, 2.24) is 5.32 Å². The molecule has 4 nitrogen and oxygen atoms in total. The number of methoxy groups -OCH3 is 1. The molecule has 1 unspecified atom stereocenters. The lowest BCUT2D eigenvalue weighted by atomic mass is 10.1. The lowest BCUT2D eigenvalue weighted by Gasteiger charge is -2.16. The maximum atomic E-state index is 12.1. The Hall–Kier alpha value is -2.20. The molecule has 1 atom stereocenters. The maximum absolute atomic E-state index is 12.1. The van der Waals surface area contributed by atoms with Gasteiger partial charge in [0.2, 0.25) is 5.91 Å². The summed E-state index contributed by atoms with van der Waals surface area (Å²) in [5, 5.41) is 6.89. The molecular weight excluding hydrogens is 324 g/mol. The minimum absolute atomic E-state index is 0.00325. The second-order valence-corrected chi connectivity index (χ2v) is 6.09. The van der Waals surface area contributed by atoms with Crippen molar-refractivity contribution >= 4 is 23.2 Å². The number of ether oxygens (including phenoxy) is 1. The second-order valence-electron chi connectivity index (χ2n) is 5.68. The van der Waals surface area contributed by atoms with Gasteiger partial charge in [-0.05, 0) is 31.0 Å². The summed E-state index contributed by atoms with van der Waals surface area (Å²) in [5.74, 6) is 0.673. The zero-order chi connectivity index (χ0) is 17.5. The van der Waals surface area contributed by atoms with E-state index in [0.29, 0.717) is 23.7 Å². The van der Waals surface area contributed by atoms with Crippen molar-refractivity contribution < 1.29 is 9.53 Å². The van der Waals surface area contributed by atoms with E-state index in [4.69, 9.17) is 16.3 Å². The van der Waals surface area contributed by atoms with E-state index in [2.05, 4.69) is 10.6 Å². The van der Waals surface area contributed by atoms with Gasteiger partial charge in [0, 0.05) is 24.1 Å². The summed E-state index contributed by atoms with van der Waals surface area (Å²) in [6.45, 7) is 4.43. The van der Waals surface area contributed by atoms with Gasteiger partial charge >= 0.3 is 0 Å². The van der Waals surface area contributed by atoms with Crippen LogP contribution in [-0.2, 0) is 4.79 Å². The normalized spacial score (nSPS) is 11.7. The molecule has 0 aliphatic heterocycles. The van der Waals surface area contributed by atoms with Gasteiger partial charge in [0.15, 0.2) is 0 Å². The fourth-order valence-corrected chi connectivity index (χ4v) is 2.57. The van der Waals surface area contributed by atoms with Gasteiger partial charge < -0.3 is 15.4 Å². The first-order valence-electron chi connectivity index (χ1n) is 7.93. The molecule has 0 heterocycles. The largest absolute Gasteiger partial charge is 0.495 e. The van der Waals surface area contributed by atoms with Crippen LogP contribution in [0.4, 0.5) is 5.69 Å². The van der Waals surface area contributed by atoms with Crippen LogP contribution in [0.25, 0.3) is 0 Å². The molecule has 0 aliphatic carbocycles. The highest BCUT2D eigenvalue weighted by atomic mass is 35.5. The predicted octanol–water partition coefficient (Wildman–Crippen LogP) is 4.34. The summed E-state index contributed by atoms with van der Waals surface area (Å²) >= 11 is 6.09. The highest BCUT2D eigenvalue weighted by Gasteiger charge is 2.10. The molecule has 24 heavy (non-hydrogen) atoms. The first-order valence-corrected chi connectivity index (χ1v) is 8.31. The summed E-state index contributed by atoms with van der Waals surface area (Å²) < 4.78 is 5.31. The Morgan fingerprint density at radius 1 is 1.25 bits per heavy atom. The maximum Gasteiger partial charge on any atom is 0.222 e. The summed E-state index contributed by atoms with van der Waals surface area (Å²) in [4.78, 5) is 12.1. The van der Waals surface area contributed by atoms with E-state index in [1.54, 1.807) is 13.2 Å². The molecule has 2 aromatic rings. The van der Waals surface area contributed by atoms with E-state index in [0.717, 1.165) is 16.8 Å². The van der Waals surface area contributed by atoms with Crippen LogP contribution in [0.1, 0.15) is 30.5 Å². The average Bonchev–Trinajstić information content (AvgIpc) is 2.58. The molecule has 1 amide bonds. The van der Waals surface area contributed by atoms with Gasteiger partial charge in [-0.1, -0.05) is 41.9 Å². The number of aryl methyl sites for hydroxylation is 1. The van der Waals surface area contributed by atoms with E-state index in [-0.39, 0.29) is 11.9 Å². The van der Waals surface area contributed by atoms with Gasteiger partial charge in [-0.25, -0.2) is 0 Å². The number of carbonyl (C=O) groups excluding carboxylic acids is 1. The molecular formula is C19H23ClN2O2. The van der Waals surface area contributed by atoms with Gasteiger partial charge in [0.1, 0.15) is 5.75 Å². The molecule has 0 bridgehead atoms. The smallest absolute Gasteiger partial charge is 0.222 e. The highest BCUT2D eigenvalue weighted by Crippen LogP contribution is 2.30. The minimum Gasteiger partial charge on any atom is -0.495 e. The molecule has 128 valence electrons. The number of anilines is 1. The van der Waals surface area contributed by atoms with Gasteiger partial charge in [0.25, 0.3) is 0 Å². The van der Waals surface area contributed by atoms with Crippen molar-refractivity contribution in [3.05, 3.63) is 58.6 Å². The second kappa shape index (κ2) is 8.60. The standard InChI is InChI=1S/C19H23ClN2O2/c1-13-11-17(18(24-3)12-16(13)20)21-10-9-19(23)22-14(2)15-7-5-4-6-8-15/h4-8,11-12,14,21H,9-10H2,1-3H3,(H,22,23). The van der Waals surface area contributed by atoms with Crippen LogP contribution in [0, 0.1) is 6.92 Å². The van der Waals surface area contributed by atoms with E-state index in [1.165, 1.54) is 0 Å². The number of halogens is 1. The van der Waals surface area contributed by atoms with Crippen LogP contribution in [0.3, 0.4) is 0 Å². The third kappa shape index (κ3) is 4.90. The first-order chi connectivity index (χ1) is 11.5. The van der Waals surface area contributed by atoms with Crippen molar-refractivity contribution in [3.8, 4) is 5.75 Å². The number of amides is 1. The number of nitrogens with one attached hydrogen (secondary N) is 2. The Morgan fingerprint density at radius 3 is 2.62 bits per heavy atom. The Balaban J connectivity index is 1.86. The monoisotopic (exact) mass is 346 g/mol. The van der Waals surface area contributed by atoms with Crippen molar-refractivity contribution in [1.29, 1.82) is 0 Å². The predicted molar refractivity (Wildman–Crippen MR) is 98.8 cm³/mol. The topological polar surface area (TPSA) is 50.4 Å². The molecule has 0 radical (unpaired) electrons. The quantitative estimate of drug-likeness (QED) is 0.784. The number of carbonyl (C=O) groups is 1. The number of hydrogen-bond donors (Lipinski definition) is 2. The van der Waals surface area contributed by atoms with Crippen molar-refractivity contribution in [2.24, 2.45) is 0 Å². The van der Waals surface area contributed by atoms with Crippen LogP contribution in [-0.4, -0.2) is 19.6 Å². The molecule has 2 N–H and O–H groups in total. The summed E-state index contributed by atoms with van der Waals surface area (Å²) in [7, 11) is 1.60. The lowest BCUT2D eigenvalue weighted by Crippen LogP contribution is -2.28. The van der Waals surface area contributed by atoms with Crippen LogP contribution < -0.4 is 15.4 Å². The zero-order valence-corrected chi connectivity index (χ0v) is 15.0. The molecule has 0 saturated carbocycles. The van der Waals surface area contributed by atoms with Crippen molar-refractivity contribution in [3.63, 3.8) is 0 Å². The zero-order valence-electron chi connectivity index (χ0n) is 14.2. The first kappa shape index (κ1) is 18.1. The van der Waals surface area contributed by atoms with E-state index >= 15 is 0 Å². The molecule has 0 spiro atoms. The third-order valence-electron chi connectivity index (χ3n) is 3.83. The van der Waals surface area contributed by atoms with Crippen LogP contribution in [0.2, 0.25) is 5.02 Å². The fraction of sp³-hybridized carbons (Fsp3) is 0.316. The average molecular weight is 347 g/mol. The van der Waals surface area contributed by atoms with Crippen molar-refractivity contribution in [2.75, 3.05) is 19.0 Å². The SMILES string of the molecule is COc1cc(Cl)c(C)cc1NCCC(=O)NC(C)c1ccccc1. The van der Waals surface area contributed by atoms with E-state index in [1.807, 2.05) is 50.2 Å². The number of hydrogen-bond acceptors (Lipinski definition) is 3. The Morgan fingerprint density at radius 2 is 1.96 bits per heavy atom. The molecule has 5 heteroatoms. The number of benzene rings is 2. The highest BCUT2D eigenvalue weighted by molar-refractivity contribution is 6.31. The molecule has 0 fully saturated rings. The summed E-state index contributed by atoms with van der Waals surface area (Å²) in [6, 6.07) is 13.6.